The van der Waals surface area contributed by atoms with Crippen LogP contribution in [0.4, 0.5) is 0 Å². The van der Waals surface area contributed by atoms with E-state index >= 15 is 0 Å². The van der Waals surface area contributed by atoms with Gasteiger partial charge < -0.3 is 19.5 Å². The lowest BCUT2D eigenvalue weighted by Gasteiger charge is -2.30. The maximum absolute atomic E-state index is 5.70. The van der Waals surface area contributed by atoms with Crippen LogP contribution in [-0.4, -0.2) is 27.9 Å². The molecule has 0 aliphatic carbocycles. The average molecular weight is 327 g/mol. The zero-order valence-electron chi connectivity index (χ0n) is 15.0. The Morgan fingerprint density at radius 2 is 1.58 bits per heavy atom. The molecule has 0 saturated heterocycles. The molecule has 2 aromatic rings. The van der Waals surface area contributed by atoms with Crippen molar-refractivity contribution < 1.29 is 14.2 Å². The highest BCUT2D eigenvalue weighted by Crippen LogP contribution is 2.40. The van der Waals surface area contributed by atoms with Gasteiger partial charge in [0, 0.05) is 12.1 Å². The first kappa shape index (κ1) is 16.7. The molecule has 24 heavy (non-hydrogen) atoms. The van der Waals surface area contributed by atoms with Crippen LogP contribution in [0, 0.1) is 13.8 Å². The van der Waals surface area contributed by atoms with E-state index in [-0.39, 0.29) is 6.04 Å². The van der Waals surface area contributed by atoms with Crippen LogP contribution >= 0.6 is 0 Å². The van der Waals surface area contributed by atoms with Crippen molar-refractivity contribution in [1.29, 1.82) is 0 Å². The summed E-state index contributed by atoms with van der Waals surface area (Å²) in [4.78, 5) is 0. The van der Waals surface area contributed by atoms with Gasteiger partial charge in [-0.2, -0.15) is 0 Å². The van der Waals surface area contributed by atoms with Gasteiger partial charge in [-0.1, -0.05) is 17.7 Å². The molecule has 0 aromatic heterocycles. The maximum atomic E-state index is 5.70. The topological polar surface area (TPSA) is 39.7 Å². The van der Waals surface area contributed by atoms with Crippen molar-refractivity contribution >= 4 is 0 Å². The Labute approximate surface area is 143 Å². The Kier molecular flexibility index (Phi) is 4.67. The first-order valence-electron chi connectivity index (χ1n) is 8.22. The standard InChI is InChI=1S/C20H25NO3/c1-12-8-13(2)20(24-5)16(9-12)19-15-11-18(23-4)17(22-3)10-14(15)6-7-21-19/h8-11,19,21H,6-7H2,1-5H3. The van der Waals surface area contributed by atoms with Crippen molar-refractivity contribution in [2.75, 3.05) is 27.9 Å². The van der Waals surface area contributed by atoms with Gasteiger partial charge in [0.2, 0.25) is 0 Å². The number of benzene rings is 2. The molecule has 1 heterocycles. The smallest absolute Gasteiger partial charge is 0.161 e. The second-order valence-corrected chi connectivity index (χ2v) is 6.25. The number of ether oxygens (including phenoxy) is 3. The number of fused-ring (bicyclic) bond motifs is 1. The number of methoxy groups -OCH3 is 3. The van der Waals surface area contributed by atoms with E-state index in [1.165, 1.54) is 22.3 Å². The Hall–Kier alpha value is -2.20. The molecule has 0 radical (unpaired) electrons. The number of hydrogen-bond acceptors (Lipinski definition) is 4. The first-order chi connectivity index (χ1) is 11.6. The zero-order chi connectivity index (χ0) is 17.3. The molecule has 1 unspecified atom stereocenters. The van der Waals surface area contributed by atoms with Crippen molar-refractivity contribution in [3.63, 3.8) is 0 Å². The second-order valence-electron chi connectivity index (χ2n) is 6.25. The molecule has 4 nitrogen and oxygen atoms in total. The molecule has 1 aliphatic rings. The van der Waals surface area contributed by atoms with Gasteiger partial charge in [-0.25, -0.2) is 0 Å². The average Bonchev–Trinajstić information content (AvgIpc) is 2.59. The van der Waals surface area contributed by atoms with Crippen LogP contribution in [0.2, 0.25) is 0 Å². The monoisotopic (exact) mass is 327 g/mol. The molecule has 1 N–H and O–H groups in total. The predicted octanol–water partition coefficient (Wildman–Crippen LogP) is 3.56. The quantitative estimate of drug-likeness (QED) is 0.932. The van der Waals surface area contributed by atoms with Gasteiger partial charge in [-0.3, -0.25) is 0 Å². The van der Waals surface area contributed by atoms with Gasteiger partial charge in [0.1, 0.15) is 5.75 Å². The molecule has 2 aromatic carbocycles. The molecule has 1 aliphatic heterocycles. The molecule has 0 fully saturated rings. The van der Waals surface area contributed by atoms with E-state index in [1.807, 2.05) is 0 Å². The minimum atomic E-state index is 0.0853. The number of nitrogens with one attached hydrogen (secondary N) is 1. The van der Waals surface area contributed by atoms with Crippen molar-refractivity contribution in [3.8, 4) is 17.2 Å². The normalized spacial score (nSPS) is 16.5. The van der Waals surface area contributed by atoms with Crippen LogP contribution in [0.25, 0.3) is 0 Å². The summed E-state index contributed by atoms with van der Waals surface area (Å²) in [6.45, 7) is 5.13. The van der Waals surface area contributed by atoms with Crippen LogP contribution in [0.5, 0.6) is 17.2 Å². The Balaban J connectivity index is 2.17. The largest absolute Gasteiger partial charge is 0.496 e. The van der Waals surface area contributed by atoms with E-state index in [9.17, 15) is 0 Å². The Bertz CT molecular complexity index is 755. The van der Waals surface area contributed by atoms with E-state index < -0.39 is 0 Å². The van der Waals surface area contributed by atoms with E-state index in [0.29, 0.717) is 0 Å². The number of hydrogen-bond donors (Lipinski definition) is 1. The summed E-state index contributed by atoms with van der Waals surface area (Å²) in [5.41, 5.74) is 6.07. The van der Waals surface area contributed by atoms with Gasteiger partial charge in [-0.05, 0) is 49.1 Å². The number of rotatable bonds is 4. The molecule has 0 bridgehead atoms. The molecular formula is C20H25NO3. The fourth-order valence-corrected chi connectivity index (χ4v) is 3.64. The van der Waals surface area contributed by atoms with Gasteiger partial charge >= 0.3 is 0 Å². The SMILES string of the molecule is COc1cc2c(cc1OC)C(c1cc(C)cc(C)c1OC)NCC2. The Morgan fingerprint density at radius 1 is 0.875 bits per heavy atom. The molecule has 0 amide bonds. The zero-order valence-corrected chi connectivity index (χ0v) is 15.0. The molecule has 4 heteroatoms. The lowest BCUT2D eigenvalue weighted by Crippen LogP contribution is -2.31. The van der Waals surface area contributed by atoms with Crippen molar-refractivity contribution in [2.45, 2.75) is 26.3 Å². The lowest BCUT2D eigenvalue weighted by molar-refractivity contribution is 0.352. The minimum Gasteiger partial charge on any atom is -0.496 e. The van der Waals surface area contributed by atoms with E-state index in [2.05, 4.69) is 43.4 Å². The third kappa shape index (κ3) is 2.82. The number of aryl methyl sites for hydroxylation is 2. The summed E-state index contributed by atoms with van der Waals surface area (Å²) < 4.78 is 16.7. The van der Waals surface area contributed by atoms with Crippen LogP contribution in [0.1, 0.15) is 33.9 Å². The molecule has 128 valence electrons. The van der Waals surface area contributed by atoms with Gasteiger partial charge in [0.15, 0.2) is 11.5 Å². The molecule has 3 rings (SSSR count). The van der Waals surface area contributed by atoms with E-state index in [1.54, 1.807) is 21.3 Å². The first-order valence-corrected chi connectivity index (χ1v) is 8.22. The van der Waals surface area contributed by atoms with Gasteiger partial charge in [0.25, 0.3) is 0 Å². The summed E-state index contributed by atoms with van der Waals surface area (Å²) in [5.74, 6) is 2.48. The predicted molar refractivity (Wildman–Crippen MR) is 95.6 cm³/mol. The van der Waals surface area contributed by atoms with Crippen molar-refractivity contribution in [1.82, 2.24) is 5.32 Å². The van der Waals surface area contributed by atoms with Crippen molar-refractivity contribution in [3.05, 3.63) is 52.1 Å². The van der Waals surface area contributed by atoms with E-state index in [0.717, 1.165) is 35.8 Å². The fourth-order valence-electron chi connectivity index (χ4n) is 3.64. The second kappa shape index (κ2) is 6.73. The Morgan fingerprint density at radius 3 is 2.25 bits per heavy atom. The summed E-state index contributed by atoms with van der Waals surface area (Å²) in [6.07, 6.45) is 0.972. The third-order valence-corrected chi connectivity index (χ3v) is 4.66. The van der Waals surface area contributed by atoms with Gasteiger partial charge in [0.05, 0.1) is 27.4 Å². The molecule has 0 saturated carbocycles. The van der Waals surface area contributed by atoms with Crippen LogP contribution in [-0.2, 0) is 6.42 Å². The summed E-state index contributed by atoms with van der Waals surface area (Å²) in [7, 11) is 5.09. The molecule has 0 spiro atoms. The highest BCUT2D eigenvalue weighted by molar-refractivity contribution is 5.55. The minimum absolute atomic E-state index is 0.0853. The molecular weight excluding hydrogens is 302 g/mol. The maximum Gasteiger partial charge on any atom is 0.161 e. The fraction of sp³-hybridized carbons (Fsp3) is 0.400. The highest BCUT2D eigenvalue weighted by atomic mass is 16.5. The van der Waals surface area contributed by atoms with Crippen LogP contribution in [0.3, 0.4) is 0 Å². The van der Waals surface area contributed by atoms with E-state index in [4.69, 9.17) is 14.2 Å². The summed E-state index contributed by atoms with van der Waals surface area (Å²) in [5, 5.41) is 3.63. The van der Waals surface area contributed by atoms with Crippen LogP contribution < -0.4 is 19.5 Å². The highest BCUT2D eigenvalue weighted by Gasteiger charge is 2.27. The molecule has 1 atom stereocenters. The lowest BCUT2D eigenvalue weighted by atomic mass is 9.87. The summed E-state index contributed by atoms with van der Waals surface area (Å²) in [6, 6.07) is 8.62. The summed E-state index contributed by atoms with van der Waals surface area (Å²) >= 11 is 0. The van der Waals surface area contributed by atoms with Gasteiger partial charge in [-0.15, -0.1) is 0 Å². The van der Waals surface area contributed by atoms with Crippen molar-refractivity contribution in [2.24, 2.45) is 0 Å². The van der Waals surface area contributed by atoms with Crippen LogP contribution in [0.15, 0.2) is 24.3 Å². The third-order valence-electron chi connectivity index (χ3n) is 4.66.